The molecule has 0 bridgehead atoms. The maximum atomic E-state index is 5.78. The molecule has 2 heterocycles. The van der Waals surface area contributed by atoms with E-state index < -0.39 is 0 Å². The van der Waals surface area contributed by atoms with Crippen molar-refractivity contribution in [3.8, 4) is 0 Å². The second-order valence-electron chi connectivity index (χ2n) is 3.95. The lowest BCUT2D eigenvalue weighted by atomic mass is 10.1. The Labute approximate surface area is 108 Å². The van der Waals surface area contributed by atoms with Gasteiger partial charge in [-0.1, -0.05) is 0 Å². The van der Waals surface area contributed by atoms with Crippen molar-refractivity contribution in [1.29, 1.82) is 0 Å². The number of halogens is 1. The van der Waals surface area contributed by atoms with E-state index in [0.717, 1.165) is 24.2 Å². The number of nitrogens with two attached hydrogens (primary N) is 1. The molecular formula is C10H16BrN3OS. The van der Waals surface area contributed by atoms with Crippen LogP contribution in [-0.4, -0.2) is 37.7 Å². The van der Waals surface area contributed by atoms with E-state index in [1.807, 2.05) is 6.07 Å². The average molecular weight is 306 g/mol. The Kier molecular flexibility index (Phi) is 4.34. The summed E-state index contributed by atoms with van der Waals surface area (Å²) in [6.45, 7) is 2.65. The van der Waals surface area contributed by atoms with Crippen molar-refractivity contribution < 1.29 is 4.74 Å². The van der Waals surface area contributed by atoms with Gasteiger partial charge in [0.2, 0.25) is 0 Å². The zero-order valence-corrected chi connectivity index (χ0v) is 11.6. The molecule has 90 valence electrons. The van der Waals surface area contributed by atoms with Crippen LogP contribution < -0.4 is 11.3 Å². The molecule has 0 spiro atoms. The highest BCUT2D eigenvalue weighted by atomic mass is 79.9. The molecule has 16 heavy (non-hydrogen) atoms. The highest BCUT2D eigenvalue weighted by Gasteiger charge is 2.29. The number of rotatable bonds is 3. The summed E-state index contributed by atoms with van der Waals surface area (Å²) < 4.78 is 6.88. The van der Waals surface area contributed by atoms with Crippen molar-refractivity contribution in [1.82, 2.24) is 10.3 Å². The van der Waals surface area contributed by atoms with Gasteiger partial charge in [-0.25, -0.2) is 5.43 Å². The lowest BCUT2D eigenvalue weighted by Crippen LogP contribution is -2.48. The number of thiophene rings is 1. The first-order valence-corrected chi connectivity index (χ1v) is 6.89. The van der Waals surface area contributed by atoms with Crippen LogP contribution in [-0.2, 0) is 4.74 Å². The SMILES string of the molecule is CN1CCOC(C(NN)c2sccc2Br)C1. The van der Waals surface area contributed by atoms with E-state index in [4.69, 9.17) is 10.6 Å². The Morgan fingerprint density at radius 1 is 1.75 bits per heavy atom. The van der Waals surface area contributed by atoms with Crippen LogP contribution in [0.25, 0.3) is 0 Å². The Morgan fingerprint density at radius 3 is 3.12 bits per heavy atom. The van der Waals surface area contributed by atoms with Crippen molar-refractivity contribution in [2.24, 2.45) is 5.84 Å². The average Bonchev–Trinajstić information content (AvgIpc) is 2.67. The zero-order chi connectivity index (χ0) is 11.5. The molecule has 1 aromatic heterocycles. The van der Waals surface area contributed by atoms with Crippen molar-refractivity contribution in [2.45, 2.75) is 12.1 Å². The summed E-state index contributed by atoms with van der Waals surface area (Å²) in [5, 5.41) is 2.05. The fraction of sp³-hybridized carbons (Fsp3) is 0.600. The highest BCUT2D eigenvalue weighted by molar-refractivity contribution is 9.10. The first-order valence-electron chi connectivity index (χ1n) is 5.21. The topological polar surface area (TPSA) is 50.5 Å². The third-order valence-corrected chi connectivity index (χ3v) is 4.73. The van der Waals surface area contributed by atoms with Gasteiger partial charge in [-0.05, 0) is 34.4 Å². The number of nitrogens with zero attached hydrogens (tertiary/aromatic N) is 1. The van der Waals surface area contributed by atoms with Gasteiger partial charge in [0.1, 0.15) is 0 Å². The lowest BCUT2D eigenvalue weighted by molar-refractivity contribution is -0.0388. The van der Waals surface area contributed by atoms with E-state index in [1.165, 1.54) is 4.88 Å². The molecule has 2 unspecified atom stereocenters. The number of likely N-dealkylation sites (N-methyl/N-ethyl adjacent to an activating group) is 1. The number of hydrazine groups is 1. The van der Waals surface area contributed by atoms with E-state index in [0.29, 0.717) is 0 Å². The number of hydrogen-bond acceptors (Lipinski definition) is 5. The third-order valence-electron chi connectivity index (χ3n) is 2.78. The quantitative estimate of drug-likeness (QED) is 0.654. The molecule has 1 aromatic rings. The van der Waals surface area contributed by atoms with Crippen LogP contribution in [0.4, 0.5) is 0 Å². The van der Waals surface area contributed by atoms with Crippen molar-refractivity contribution in [3.63, 3.8) is 0 Å². The predicted molar refractivity (Wildman–Crippen MR) is 69.3 cm³/mol. The molecular weight excluding hydrogens is 290 g/mol. The van der Waals surface area contributed by atoms with Crippen LogP contribution in [0, 0.1) is 0 Å². The summed E-state index contributed by atoms with van der Waals surface area (Å²) >= 11 is 5.22. The standard InChI is InChI=1S/C10H16BrN3OS/c1-14-3-4-15-8(6-14)9(13-12)10-7(11)2-5-16-10/h2,5,8-9,13H,3-4,6,12H2,1H3. The van der Waals surface area contributed by atoms with Crippen LogP contribution in [0.5, 0.6) is 0 Å². The summed E-state index contributed by atoms with van der Waals surface area (Å²) in [6, 6.07) is 2.09. The summed E-state index contributed by atoms with van der Waals surface area (Å²) in [7, 11) is 2.10. The Hall–Kier alpha value is 0.0200. The van der Waals surface area contributed by atoms with Crippen LogP contribution in [0.3, 0.4) is 0 Å². The molecule has 1 aliphatic heterocycles. The first-order chi connectivity index (χ1) is 7.72. The summed E-state index contributed by atoms with van der Waals surface area (Å²) in [5.41, 5.74) is 2.86. The van der Waals surface area contributed by atoms with Gasteiger partial charge in [-0.15, -0.1) is 11.3 Å². The smallest absolute Gasteiger partial charge is 0.0918 e. The van der Waals surface area contributed by atoms with Gasteiger partial charge < -0.3 is 9.64 Å². The van der Waals surface area contributed by atoms with E-state index in [1.54, 1.807) is 11.3 Å². The number of ether oxygens (including phenoxy) is 1. The van der Waals surface area contributed by atoms with E-state index >= 15 is 0 Å². The molecule has 2 atom stereocenters. The number of nitrogens with one attached hydrogen (secondary N) is 1. The number of hydrogen-bond donors (Lipinski definition) is 2. The van der Waals surface area contributed by atoms with Gasteiger partial charge in [0.05, 0.1) is 18.8 Å². The van der Waals surface area contributed by atoms with Gasteiger partial charge in [0.15, 0.2) is 0 Å². The third kappa shape index (κ3) is 2.64. The molecule has 1 saturated heterocycles. The first kappa shape index (κ1) is 12.5. The van der Waals surface area contributed by atoms with E-state index in [2.05, 4.69) is 38.7 Å². The van der Waals surface area contributed by atoms with Gasteiger partial charge in [-0.2, -0.15) is 0 Å². The second kappa shape index (κ2) is 5.57. The van der Waals surface area contributed by atoms with Crippen LogP contribution in [0.15, 0.2) is 15.9 Å². The van der Waals surface area contributed by atoms with Gasteiger partial charge in [0, 0.05) is 22.4 Å². The minimum absolute atomic E-state index is 0.0529. The van der Waals surface area contributed by atoms with E-state index in [-0.39, 0.29) is 12.1 Å². The molecule has 0 saturated carbocycles. The number of morpholine rings is 1. The molecule has 3 N–H and O–H groups in total. The molecule has 4 nitrogen and oxygen atoms in total. The molecule has 0 aromatic carbocycles. The van der Waals surface area contributed by atoms with Crippen molar-refractivity contribution in [2.75, 3.05) is 26.7 Å². The Morgan fingerprint density at radius 2 is 2.56 bits per heavy atom. The molecule has 1 aliphatic rings. The Balaban J connectivity index is 2.13. The maximum Gasteiger partial charge on any atom is 0.0918 e. The Bertz CT molecular complexity index is 347. The molecule has 1 fully saturated rings. The van der Waals surface area contributed by atoms with Gasteiger partial charge in [0.25, 0.3) is 0 Å². The summed E-state index contributed by atoms with van der Waals surface area (Å²) in [5.74, 6) is 5.65. The maximum absolute atomic E-state index is 5.78. The predicted octanol–water partition coefficient (Wildman–Crippen LogP) is 1.35. The van der Waals surface area contributed by atoms with Crippen molar-refractivity contribution in [3.05, 3.63) is 20.8 Å². The molecule has 0 radical (unpaired) electrons. The monoisotopic (exact) mass is 305 g/mol. The lowest BCUT2D eigenvalue weighted by Gasteiger charge is -2.34. The normalized spacial score (nSPS) is 24.6. The molecule has 0 amide bonds. The van der Waals surface area contributed by atoms with Crippen LogP contribution >= 0.6 is 27.3 Å². The minimum atomic E-state index is 0.0529. The fourth-order valence-electron chi connectivity index (χ4n) is 1.89. The second-order valence-corrected chi connectivity index (χ2v) is 5.75. The van der Waals surface area contributed by atoms with Gasteiger partial charge in [-0.3, -0.25) is 5.84 Å². The fourth-order valence-corrected chi connectivity index (χ4v) is 3.62. The van der Waals surface area contributed by atoms with Gasteiger partial charge >= 0.3 is 0 Å². The van der Waals surface area contributed by atoms with Crippen LogP contribution in [0.1, 0.15) is 10.9 Å². The van der Waals surface area contributed by atoms with Crippen LogP contribution in [0.2, 0.25) is 0 Å². The molecule has 2 rings (SSSR count). The molecule has 6 heteroatoms. The largest absolute Gasteiger partial charge is 0.373 e. The summed E-state index contributed by atoms with van der Waals surface area (Å²) in [6.07, 6.45) is 0.110. The van der Waals surface area contributed by atoms with E-state index in [9.17, 15) is 0 Å². The van der Waals surface area contributed by atoms with Crippen molar-refractivity contribution >= 4 is 27.3 Å². The zero-order valence-electron chi connectivity index (χ0n) is 9.15. The summed E-state index contributed by atoms with van der Waals surface area (Å²) in [4.78, 5) is 3.46. The minimum Gasteiger partial charge on any atom is -0.373 e. The molecule has 0 aliphatic carbocycles. The highest BCUT2D eigenvalue weighted by Crippen LogP contribution is 2.32.